The second-order valence-corrected chi connectivity index (χ2v) is 4.92. The highest BCUT2D eigenvalue weighted by atomic mass is 16.5. The van der Waals surface area contributed by atoms with E-state index in [1.807, 2.05) is 20.9 Å². The summed E-state index contributed by atoms with van der Waals surface area (Å²) in [5.74, 6) is -0.121. The zero-order valence-corrected chi connectivity index (χ0v) is 11.0. The lowest BCUT2D eigenvalue weighted by Crippen LogP contribution is -2.51. The smallest absolute Gasteiger partial charge is 0.227 e. The molecule has 0 aromatic carbocycles. The number of ether oxygens (including phenoxy) is 1. The molecule has 1 aliphatic rings. The lowest BCUT2D eigenvalue weighted by atomic mass is 9.93. The monoisotopic (exact) mass is 244 g/mol. The first-order valence-corrected chi connectivity index (χ1v) is 6.24. The highest BCUT2D eigenvalue weighted by Gasteiger charge is 2.35. The summed E-state index contributed by atoms with van der Waals surface area (Å²) < 4.78 is 5.32. The van der Waals surface area contributed by atoms with Crippen molar-refractivity contribution in [2.24, 2.45) is 5.92 Å². The van der Waals surface area contributed by atoms with Crippen LogP contribution in [0.4, 0.5) is 0 Å². The van der Waals surface area contributed by atoms with Crippen LogP contribution >= 0.6 is 0 Å². The Balaban J connectivity index is 2.58. The standard InChI is InChI=1S/C12H24N2O3/c1-4-12(2,5-6-15)14-11(16)9-7-17-8-10(9)13-3/h9-10,13,15H,4-8H2,1-3H3,(H,14,16). The third-order valence-corrected chi connectivity index (χ3v) is 3.66. The Kier molecular flexibility index (Phi) is 5.36. The van der Waals surface area contributed by atoms with Gasteiger partial charge in [-0.05, 0) is 26.8 Å². The molecule has 0 aromatic heterocycles. The van der Waals surface area contributed by atoms with Crippen LogP contribution < -0.4 is 10.6 Å². The molecule has 1 heterocycles. The average molecular weight is 244 g/mol. The molecule has 3 atom stereocenters. The largest absolute Gasteiger partial charge is 0.396 e. The Morgan fingerprint density at radius 1 is 1.53 bits per heavy atom. The van der Waals surface area contributed by atoms with E-state index in [-0.39, 0.29) is 30.0 Å². The number of carbonyl (C=O) groups is 1. The normalized spacial score (nSPS) is 27.8. The molecule has 0 spiro atoms. The molecule has 1 fully saturated rings. The van der Waals surface area contributed by atoms with Crippen molar-refractivity contribution in [3.63, 3.8) is 0 Å². The zero-order chi connectivity index (χ0) is 12.9. The van der Waals surface area contributed by atoms with Crippen LogP contribution in [0.5, 0.6) is 0 Å². The molecule has 100 valence electrons. The fraction of sp³-hybridized carbons (Fsp3) is 0.917. The van der Waals surface area contributed by atoms with Crippen LogP contribution in [-0.2, 0) is 9.53 Å². The first kappa shape index (κ1) is 14.4. The van der Waals surface area contributed by atoms with Crippen LogP contribution in [0.3, 0.4) is 0 Å². The van der Waals surface area contributed by atoms with Crippen molar-refractivity contribution >= 4 is 5.91 Å². The Hall–Kier alpha value is -0.650. The Morgan fingerprint density at radius 2 is 2.24 bits per heavy atom. The predicted octanol–water partition coefficient (Wildman–Crippen LogP) is -0.112. The summed E-state index contributed by atoms with van der Waals surface area (Å²) >= 11 is 0. The van der Waals surface area contributed by atoms with Crippen LogP contribution in [0.25, 0.3) is 0 Å². The fourth-order valence-electron chi connectivity index (χ4n) is 2.06. The fourth-order valence-corrected chi connectivity index (χ4v) is 2.06. The number of hydrogen-bond acceptors (Lipinski definition) is 4. The minimum absolute atomic E-state index is 0.0136. The highest BCUT2D eigenvalue weighted by Crippen LogP contribution is 2.18. The summed E-state index contributed by atoms with van der Waals surface area (Å²) in [7, 11) is 1.84. The summed E-state index contributed by atoms with van der Waals surface area (Å²) in [5, 5.41) is 15.1. The Bertz CT molecular complexity index is 260. The number of hydrogen-bond donors (Lipinski definition) is 3. The van der Waals surface area contributed by atoms with E-state index in [0.29, 0.717) is 19.6 Å². The quantitative estimate of drug-likeness (QED) is 0.609. The number of nitrogens with one attached hydrogen (secondary N) is 2. The molecule has 1 aliphatic heterocycles. The van der Waals surface area contributed by atoms with Crippen LogP contribution in [-0.4, -0.2) is 49.5 Å². The number of aliphatic hydroxyl groups excluding tert-OH is 1. The molecular formula is C12H24N2O3. The van der Waals surface area contributed by atoms with Gasteiger partial charge in [0.05, 0.1) is 19.1 Å². The average Bonchev–Trinajstić information content (AvgIpc) is 2.77. The van der Waals surface area contributed by atoms with Crippen molar-refractivity contribution in [1.29, 1.82) is 0 Å². The maximum Gasteiger partial charge on any atom is 0.227 e. The molecule has 0 saturated carbocycles. The van der Waals surface area contributed by atoms with Gasteiger partial charge in [-0.15, -0.1) is 0 Å². The van der Waals surface area contributed by atoms with Gasteiger partial charge in [-0.2, -0.15) is 0 Å². The zero-order valence-electron chi connectivity index (χ0n) is 11.0. The molecule has 0 bridgehead atoms. The van der Waals surface area contributed by atoms with Crippen molar-refractivity contribution in [2.45, 2.75) is 38.3 Å². The summed E-state index contributed by atoms with van der Waals surface area (Å²) in [5.41, 5.74) is -0.327. The van der Waals surface area contributed by atoms with Gasteiger partial charge < -0.3 is 20.5 Å². The van der Waals surface area contributed by atoms with E-state index in [2.05, 4.69) is 10.6 Å². The predicted molar refractivity (Wildman–Crippen MR) is 65.7 cm³/mol. The molecule has 1 rings (SSSR count). The second-order valence-electron chi connectivity index (χ2n) is 4.92. The van der Waals surface area contributed by atoms with Crippen molar-refractivity contribution in [1.82, 2.24) is 10.6 Å². The Labute approximate surface area is 103 Å². The molecule has 0 radical (unpaired) electrons. The summed E-state index contributed by atoms with van der Waals surface area (Å²) in [6.45, 7) is 5.11. The van der Waals surface area contributed by atoms with Gasteiger partial charge in [-0.1, -0.05) is 6.92 Å². The van der Waals surface area contributed by atoms with E-state index in [1.165, 1.54) is 0 Å². The SMILES string of the molecule is CCC(C)(CCO)NC(=O)C1COCC1NC. The molecule has 5 heteroatoms. The van der Waals surface area contributed by atoms with Gasteiger partial charge in [-0.3, -0.25) is 4.79 Å². The van der Waals surface area contributed by atoms with Gasteiger partial charge in [0.15, 0.2) is 0 Å². The van der Waals surface area contributed by atoms with Gasteiger partial charge in [0, 0.05) is 18.2 Å². The molecule has 3 unspecified atom stereocenters. The minimum Gasteiger partial charge on any atom is -0.396 e. The molecule has 17 heavy (non-hydrogen) atoms. The van der Waals surface area contributed by atoms with E-state index in [4.69, 9.17) is 9.84 Å². The molecule has 0 aromatic rings. The van der Waals surface area contributed by atoms with Crippen molar-refractivity contribution < 1.29 is 14.6 Å². The first-order chi connectivity index (χ1) is 8.06. The maximum atomic E-state index is 12.2. The topological polar surface area (TPSA) is 70.6 Å². The van der Waals surface area contributed by atoms with Crippen LogP contribution in [0.15, 0.2) is 0 Å². The lowest BCUT2D eigenvalue weighted by Gasteiger charge is -2.31. The van der Waals surface area contributed by atoms with Crippen LogP contribution in [0.2, 0.25) is 0 Å². The van der Waals surface area contributed by atoms with E-state index >= 15 is 0 Å². The first-order valence-electron chi connectivity index (χ1n) is 6.24. The van der Waals surface area contributed by atoms with E-state index in [9.17, 15) is 4.79 Å². The van der Waals surface area contributed by atoms with Crippen molar-refractivity contribution in [3.8, 4) is 0 Å². The maximum absolute atomic E-state index is 12.2. The summed E-state index contributed by atoms with van der Waals surface area (Å²) in [4.78, 5) is 12.2. The van der Waals surface area contributed by atoms with E-state index < -0.39 is 0 Å². The van der Waals surface area contributed by atoms with Crippen LogP contribution in [0.1, 0.15) is 26.7 Å². The lowest BCUT2D eigenvalue weighted by molar-refractivity contribution is -0.127. The van der Waals surface area contributed by atoms with E-state index in [1.54, 1.807) is 0 Å². The highest BCUT2D eigenvalue weighted by molar-refractivity contribution is 5.80. The summed E-state index contributed by atoms with van der Waals surface area (Å²) in [6.07, 6.45) is 1.38. The van der Waals surface area contributed by atoms with Gasteiger partial charge in [-0.25, -0.2) is 0 Å². The number of carbonyl (C=O) groups excluding carboxylic acids is 1. The molecular weight excluding hydrogens is 220 g/mol. The summed E-state index contributed by atoms with van der Waals surface area (Å²) in [6, 6.07) is 0.0882. The second kappa shape index (κ2) is 6.33. The third kappa shape index (κ3) is 3.66. The molecule has 5 nitrogen and oxygen atoms in total. The van der Waals surface area contributed by atoms with Gasteiger partial charge >= 0.3 is 0 Å². The van der Waals surface area contributed by atoms with Crippen LogP contribution in [0, 0.1) is 5.92 Å². The number of rotatable bonds is 6. The number of aliphatic hydroxyl groups is 1. The molecule has 3 N–H and O–H groups in total. The number of likely N-dealkylation sites (N-methyl/N-ethyl adjacent to an activating group) is 1. The molecule has 0 aliphatic carbocycles. The van der Waals surface area contributed by atoms with Gasteiger partial charge in [0.25, 0.3) is 0 Å². The molecule has 1 amide bonds. The Morgan fingerprint density at radius 3 is 2.76 bits per heavy atom. The van der Waals surface area contributed by atoms with Crippen molar-refractivity contribution in [3.05, 3.63) is 0 Å². The third-order valence-electron chi connectivity index (χ3n) is 3.66. The van der Waals surface area contributed by atoms with Gasteiger partial charge in [0.2, 0.25) is 5.91 Å². The van der Waals surface area contributed by atoms with E-state index in [0.717, 1.165) is 6.42 Å². The minimum atomic E-state index is -0.327. The molecule has 1 saturated heterocycles. The van der Waals surface area contributed by atoms with Gasteiger partial charge in [0.1, 0.15) is 0 Å². The number of amides is 1. The van der Waals surface area contributed by atoms with Crippen molar-refractivity contribution in [2.75, 3.05) is 26.9 Å².